The van der Waals surface area contributed by atoms with Crippen LogP contribution in [0, 0.1) is 0 Å². The predicted molar refractivity (Wildman–Crippen MR) is 62.1 cm³/mol. The lowest BCUT2D eigenvalue weighted by Crippen LogP contribution is -2.58. The number of halogens is 3. The third-order valence-corrected chi connectivity index (χ3v) is 3.33. The fourth-order valence-corrected chi connectivity index (χ4v) is 2.00. The Balaban J connectivity index is 2.21. The van der Waals surface area contributed by atoms with Crippen LogP contribution in [0.4, 0.5) is 13.2 Å². The smallest absolute Gasteiger partial charge is 0.307 e. The molecule has 0 unspecified atom stereocenters. The van der Waals surface area contributed by atoms with Gasteiger partial charge in [0.2, 0.25) is 0 Å². The molecular formula is C11H22F3N3. The molecule has 0 atom stereocenters. The van der Waals surface area contributed by atoms with Crippen molar-refractivity contribution in [1.82, 2.24) is 15.1 Å². The summed E-state index contributed by atoms with van der Waals surface area (Å²) in [7, 11) is 2.08. The molecule has 1 aliphatic heterocycles. The molecule has 0 aromatic carbocycles. The minimum absolute atomic E-state index is 0.0995. The first-order chi connectivity index (χ1) is 7.71. The molecule has 0 aliphatic carbocycles. The van der Waals surface area contributed by atoms with E-state index in [2.05, 4.69) is 36.0 Å². The first kappa shape index (κ1) is 14.7. The molecule has 0 aromatic rings. The van der Waals surface area contributed by atoms with E-state index < -0.39 is 12.7 Å². The Bertz CT molecular complexity index is 241. The van der Waals surface area contributed by atoms with E-state index in [-0.39, 0.29) is 5.54 Å². The van der Waals surface area contributed by atoms with E-state index in [9.17, 15) is 13.2 Å². The van der Waals surface area contributed by atoms with Gasteiger partial charge in [-0.3, -0.25) is 9.80 Å². The van der Waals surface area contributed by atoms with Crippen molar-refractivity contribution in [2.24, 2.45) is 0 Å². The number of hydrogen-bond donors (Lipinski definition) is 1. The average Bonchev–Trinajstić information content (AvgIpc) is 2.16. The molecule has 3 nitrogen and oxygen atoms in total. The minimum atomic E-state index is -4.11. The maximum Gasteiger partial charge on any atom is 0.401 e. The van der Waals surface area contributed by atoms with E-state index >= 15 is 0 Å². The van der Waals surface area contributed by atoms with Gasteiger partial charge in [0.25, 0.3) is 0 Å². The Hall–Kier alpha value is -0.330. The van der Waals surface area contributed by atoms with Gasteiger partial charge in [0.05, 0.1) is 6.54 Å². The molecule has 1 fully saturated rings. The summed E-state index contributed by atoms with van der Waals surface area (Å²) >= 11 is 0. The SMILES string of the molecule is CN1CCN(CCNCC(F)(F)F)CC1(C)C. The van der Waals surface area contributed by atoms with Crippen LogP contribution < -0.4 is 5.32 Å². The van der Waals surface area contributed by atoms with Gasteiger partial charge < -0.3 is 5.32 Å². The number of likely N-dealkylation sites (N-methyl/N-ethyl adjacent to an activating group) is 1. The van der Waals surface area contributed by atoms with Crippen LogP contribution in [-0.4, -0.2) is 67.8 Å². The second-order valence-electron chi connectivity index (χ2n) is 5.30. The third-order valence-electron chi connectivity index (χ3n) is 3.33. The monoisotopic (exact) mass is 253 g/mol. The topological polar surface area (TPSA) is 18.5 Å². The van der Waals surface area contributed by atoms with Crippen molar-refractivity contribution in [2.45, 2.75) is 25.6 Å². The molecule has 1 heterocycles. The van der Waals surface area contributed by atoms with Gasteiger partial charge in [0.1, 0.15) is 0 Å². The highest BCUT2D eigenvalue weighted by atomic mass is 19.4. The van der Waals surface area contributed by atoms with Crippen LogP contribution in [0.2, 0.25) is 0 Å². The highest BCUT2D eigenvalue weighted by Gasteiger charge is 2.31. The van der Waals surface area contributed by atoms with Crippen molar-refractivity contribution in [2.75, 3.05) is 46.3 Å². The number of nitrogens with zero attached hydrogens (tertiary/aromatic N) is 2. The highest BCUT2D eigenvalue weighted by molar-refractivity contribution is 4.88. The van der Waals surface area contributed by atoms with E-state index in [1.54, 1.807) is 0 Å². The molecule has 1 saturated heterocycles. The molecule has 0 saturated carbocycles. The summed E-state index contributed by atoms with van der Waals surface area (Å²) in [4.78, 5) is 4.50. The number of piperazine rings is 1. The van der Waals surface area contributed by atoms with Crippen LogP contribution in [0.5, 0.6) is 0 Å². The van der Waals surface area contributed by atoms with Crippen LogP contribution in [-0.2, 0) is 0 Å². The van der Waals surface area contributed by atoms with Crippen molar-refractivity contribution in [3.05, 3.63) is 0 Å². The number of hydrogen-bond acceptors (Lipinski definition) is 3. The van der Waals surface area contributed by atoms with Crippen LogP contribution in [0.1, 0.15) is 13.8 Å². The molecule has 1 rings (SSSR count). The normalized spacial score (nSPS) is 22.9. The Morgan fingerprint density at radius 2 is 1.88 bits per heavy atom. The molecule has 1 N–H and O–H groups in total. The lowest BCUT2D eigenvalue weighted by molar-refractivity contribution is -0.124. The zero-order valence-electron chi connectivity index (χ0n) is 10.8. The lowest BCUT2D eigenvalue weighted by Gasteiger charge is -2.45. The van der Waals surface area contributed by atoms with Crippen LogP contribution in [0.3, 0.4) is 0 Å². The van der Waals surface area contributed by atoms with Gasteiger partial charge in [-0.25, -0.2) is 0 Å². The summed E-state index contributed by atoms with van der Waals surface area (Å²) in [6.07, 6.45) is -4.11. The van der Waals surface area contributed by atoms with Gasteiger partial charge in [0, 0.05) is 38.3 Å². The first-order valence-electron chi connectivity index (χ1n) is 5.92. The van der Waals surface area contributed by atoms with Crippen molar-refractivity contribution in [3.63, 3.8) is 0 Å². The molecule has 0 amide bonds. The zero-order chi connectivity index (χ0) is 13.1. The van der Waals surface area contributed by atoms with Crippen LogP contribution in [0.15, 0.2) is 0 Å². The minimum Gasteiger partial charge on any atom is -0.307 e. The van der Waals surface area contributed by atoms with Crippen LogP contribution >= 0.6 is 0 Å². The maximum absolute atomic E-state index is 11.9. The summed E-state index contributed by atoms with van der Waals surface area (Å²) in [5.74, 6) is 0. The molecule has 0 radical (unpaired) electrons. The molecule has 0 aromatic heterocycles. The molecule has 0 bridgehead atoms. The third kappa shape index (κ3) is 5.23. The van der Waals surface area contributed by atoms with Crippen molar-refractivity contribution < 1.29 is 13.2 Å². The molecule has 17 heavy (non-hydrogen) atoms. The van der Waals surface area contributed by atoms with E-state index in [0.29, 0.717) is 13.1 Å². The summed E-state index contributed by atoms with van der Waals surface area (Å²) in [5.41, 5.74) is 0.0995. The number of alkyl halides is 3. The Morgan fingerprint density at radius 3 is 2.41 bits per heavy atom. The highest BCUT2D eigenvalue weighted by Crippen LogP contribution is 2.18. The molecule has 1 aliphatic rings. The summed E-state index contributed by atoms with van der Waals surface area (Å²) in [6.45, 7) is 7.26. The maximum atomic E-state index is 11.9. The quantitative estimate of drug-likeness (QED) is 0.759. The van der Waals surface area contributed by atoms with E-state index in [4.69, 9.17) is 0 Å². The van der Waals surface area contributed by atoms with Crippen molar-refractivity contribution in [3.8, 4) is 0 Å². The van der Waals surface area contributed by atoms with Gasteiger partial charge >= 0.3 is 6.18 Å². The second kappa shape index (κ2) is 5.54. The van der Waals surface area contributed by atoms with Crippen LogP contribution in [0.25, 0.3) is 0 Å². The summed E-state index contributed by atoms with van der Waals surface area (Å²) < 4.78 is 35.7. The Morgan fingerprint density at radius 1 is 1.24 bits per heavy atom. The molecular weight excluding hydrogens is 231 g/mol. The Kier molecular flexibility index (Phi) is 4.80. The number of nitrogens with one attached hydrogen (secondary N) is 1. The molecule has 6 heteroatoms. The van der Waals surface area contributed by atoms with E-state index in [1.807, 2.05) is 0 Å². The predicted octanol–water partition coefficient (Wildman–Crippen LogP) is 1.16. The fraction of sp³-hybridized carbons (Fsp3) is 1.00. The van der Waals surface area contributed by atoms with Crippen molar-refractivity contribution >= 4 is 0 Å². The van der Waals surface area contributed by atoms with E-state index in [1.165, 1.54) is 0 Å². The standard InChI is InChI=1S/C11H22F3N3/c1-10(2)9-17(7-6-16(10)3)5-4-15-8-11(12,13)14/h15H,4-9H2,1-3H3. The van der Waals surface area contributed by atoms with Gasteiger partial charge in [-0.2, -0.15) is 13.2 Å². The molecule has 102 valence electrons. The lowest BCUT2D eigenvalue weighted by atomic mass is 10.00. The first-order valence-corrected chi connectivity index (χ1v) is 5.92. The average molecular weight is 253 g/mol. The number of rotatable bonds is 4. The van der Waals surface area contributed by atoms with E-state index in [0.717, 1.165) is 19.6 Å². The summed E-state index contributed by atoms with van der Waals surface area (Å²) in [6, 6.07) is 0. The zero-order valence-corrected chi connectivity index (χ0v) is 10.8. The van der Waals surface area contributed by atoms with Crippen molar-refractivity contribution in [1.29, 1.82) is 0 Å². The van der Waals surface area contributed by atoms with Gasteiger partial charge in [-0.15, -0.1) is 0 Å². The summed E-state index contributed by atoms with van der Waals surface area (Å²) in [5, 5.41) is 2.43. The molecule has 0 spiro atoms. The largest absolute Gasteiger partial charge is 0.401 e. The fourth-order valence-electron chi connectivity index (χ4n) is 2.00. The Labute approximate surface area is 101 Å². The van der Waals surface area contributed by atoms with Gasteiger partial charge in [0.15, 0.2) is 0 Å². The van der Waals surface area contributed by atoms with Gasteiger partial charge in [-0.1, -0.05) is 0 Å². The van der Waals surface area contributed by atoms with Gasteiger partial charge in [-0.05, 0) is 20.9 Å². The second-order valence-corrected chi connectivity index (χ2v) is 5.30.